The maximum absolute atomic E-state index is 13.2. The lowest BCUT2D eigenvalue weighted by Gasteiger charge is -2.23. The van der Waals surface area contributed by atoms with E-state index in [9.17, 15) is 9.18 Å². The largest absolute Gasteiger partial charge is 0.480 e. The fourth-order valence-electron chi connectivity index (χ4n) is 2.27. The van der Waals surface area contributed by atoms with Crippen molar-refractivity contribution in [3.05, 3.63) is 30.3 Å². The first-order valence-corrected chi connectivity index (χ1v) is 6.50. The van der Waals surface area contributed by atoms with E-state index in [2.05, 4.69) is 9.97 Å². The monoisotopic (exact) mass is 275 g/mol. The molecule has 1 saturated carbocycles. The van der Waals surface area contributed by atoms with Crippen LogP contribution in [0, 0.1) is 11.7 Å². The molecule has 2 aromatic rings. The molecule has 3 rings (SSSR count). The summed E-state index contributed by atoms with van der Waals surface area (Å²) < 4.78 is 13.2. The zero-order valence-corrected chi connectivity index (χ0v) is 10.8. The topological polar surface area (TPSA) is 66.3 Å². The molecule has 0 aromatic carbocycles. The number of aromatic nitrogens is 2. The van der Waals surface area contributed by atoms with Gasteiger partial charge in [-0.15, -0.1) is 0 Å². The number of carboxylic acids is 1. The number of fused-ring (bicyclic) bond motifs is 1. The number of pyridine rings is 2. The van der Waals surface area contributed by atoms with E-state index in [4.69, 9.17) is 5.11 Å². The summed E-state index contributed by atoms with van der Waals surface area (Å²) in [4.78, 5) is 21.0. The van der Waals surface area contributed by atoms with Gasteiger partial charge in [-0.3, -0.25) is 9.78 Å². The zero-order valence-electron chi connectivity index (χ0n) is 10.8. The second kappa shape index (κ2) is 5.03. The van der Waals surface area contributed by atoms with E-state index in [0.717, 1.165) is 19.0 Å². The van der Waals surface area contributed by atoms with Gasteiger partial charge in [0.05, 0.1) is 17.4 Å². The molecule has 0 spiro atoms. The van der Waals surface area contributed by atoms with Crippen molar-refractivity contribution in [2.24, 2.45) is 5.92 Å². The van der Waals surface area contributed by atoms with Crippen LogP contribution in [-0.4, -0.2) is 34.1 Å². The van der Waals surface area contributed by atoms with Crippen molar-refractivity contribution in [3.8, 4) is 0 Å². The minimum absolute atomic E-state index is 0.0886. The van der Waals surface area contributed by atoms with Crippen LogP contribution in [0.5, 0.6) is 0 Å². The van der Waals surface area contributed by atoms with Gasteiger partial charge >= 0.3 is 5.97 Å². The quantitative estimate of drug-likeness (QED) is 0.904. The van der Waals surface area contributed by atoms with Crippen LogP contribution in [0.4, 0.5) is 10.1 Å². The van der Waals surface area contributed by atoms with Gasteiger partial charge in [0.1, 0.15) is 17.9 Å². The van der Waals surface area contributed by atoms with Crippen molar-refractivity contribution in [2.75, 3.05) is 18.0 Å². The molecule has 0 unspecified atom stereocenters. The second-order valence-electron chi connectivity index (χ2n) is 5.07. The van der Waals surface area contributed by atoms with E-state index in [1.165, 1.54) is 6.07 Å². The van der Waals surface area contributed by atoms with Gasteiger partial charge in [0.2, 0.25) is 0 Å². The zero-order chi connectivity index (χ0) is 14.1. The number of hydrogen-bond acceptors (Lipinski definition) is 4. The van der Waals surface area contributed by atoms with E-state index in [1.807, 2.05) is 0 Å². The Hall–Kier alpha value is -2.24. The van der Waals surface area contributed by atoms with E-state index in [-0.39, 0.29) is 6.54 Å². The average molecular weight is 275 g/mol. The Labute approximate surface area is 115 Å². The molecule has 0 radical (unpaired) electrons. The number of nitrogens with zero attached hydrogens (tertiary/aromatic N) is 3. The highest BCUT2D eigenvalue weighted by Crippen LogP contribution is 2.33. The first kappa shape index (κ1) is 12.8. The predicted octanol–water partition coefficient (Wildman–Crippen LogP) is 2.07. The van der Waals surface area contributed by atoms with Crippen molar-refractivity contribution in [1.82, 2.24) is 9.97 Å². The van der Waals surface area contributed by atoms with Gasteiger partial charge in [-0.05, 0) is 24.8 Å². The molecule has 6 heteroatoms. The van der Waals surface area contributed by atoms with E-state index >= 15 is 0 Å². The maximum Gasteiger partial charge on any atom is 0.323 e. The summed E-state index contributed by atoms with van der Waals surface area (Å²) in [5, 5.41) is 9.06. The minimum Gasteiger partial charge on any atom is -0.480 e. The maximum atomic E-state index is 13.2. The van der Waals surface area contributed by atoms with Crippen molar-refractivity contribution < 1.29 is 14.3 Å². The van der Waals surface area contributed by atoms with Gasteiger partial charge in [0, 0.05) is 18.8 Å². The third-order valence-corrected chi connectivity index (χ3v) is 3.37. The second-order valence-corrected chi connectivity index (χ2v) is 5.07. The van der Waals surface area contributed by atoms with Crippen molar-refractivity contribution in [1.29, 1.82) is 0 Å². The SMILES string of the molecule is O=C(O)CN(CC1CC1)c1ccnc2cc(F)cnc12. The van der Waals surface area contributed by atoms with Crippen LogP contribution in [0.25, 0.3) is 11.0 Å². The van der Waals surface area contributed by atoms with Gasteiger partial charge in [-0.25, -0.2) is 9.37 Å². The van der Waals surface area contributed by atoms with Crippen LogP contribution in [0.1, 0.15) is 12.8 Å². The third-order valence-electron chi connectivity index (χ3n) is 3.37. The van der Waals surface area contributed by atoms with Crippen molar-refractivity contribution in [3.63, 3.8) is 0 Å². The molecule has 0 amide bonds. The van der Waals surface area contributed by atoms with Crippen LogP contribution in [0.2, 0.25) is 0 Å². The minimum atomic E-state index is -0.891. The molecule has 0 saturated heterocycles. The van der Waals surface area contributed by atoms with E-state index < -0.39 is 11.8 Å². The Morgan fingerprint density at radius 1 is 1.45 bits per heavy atom. The summed E-state index contributed by atoms with van der Waals surface area (Å²) in [6.07, 6.45) is 4.94. The molecular weight excluding hydrogens is 261 g/mol. The highest BCUT2D eigenvalue weighted by molar-refractivity contribution is 5.89. The number of anilines is 1. The Bertz CT molecular complexity index is 658. The lowest BCUT2D eigenvalue weighted by Crippen LogP contribution is -2.31. The summed E-state index contributed by atoms with van der Waals surface area (Å²) in [6.45, 7) is 0.596. The van der Waals surface area contributed by atoms with E-state index in [0.29, 0.717) is 29.2 Å². The molecule has 1 fully saturated rings. The summed E-state index contributed by atoms with van der Waals surface area (Å²) in [5.74, 6) is -0.801. The number of halogens is 1. The van der Waals surface area contributed by atoms with Gasteiger partial charge in [0.25, 0.3) is 0 Å². The Balaban J connectivity index is 2.02. The van der Waals surface area contributed by atoms with Crippen LogP contribution in [0.3, 0.4) is 0 Å². The number of hydrogen-bond donors (Lipinski definition) is 1. The first-order chi connectivity index (χ1) is 9.63. The molecular formula is C14H14FN3O2. The van der Waals surface area contributed by atoms with Crippen molar-refractivity contribution >= 4 is 22.7 Å². The van der Waals surface area contributed by atoms with Crippen LogP contribution in [-0.2, 0) is 4.79 Å². The molecule has 104 valence electrons. The van der Waals surface area contributed by atoms with Crippen LogP contribution < -0.4 is 4.90 Å². The molecule has 2 heterocycles. The predicted molar refractivity (Wildman–Crippen MR) is 72.1 cm³/mol. The van der Waals surface area contributed by atoms with Gasteiger partial charge in [-0.2, -0.15) is 0 Å². The summed E-state index contributed by atoms with van der Waals surface area (Å²) in [5.41, 5.74) is 1.67. The summed E-state index contributed by atoms with van der Waals surface area (Å²) >= 11 is 0. The highest BCUT2D eigenvalue weighted by Gasteiger charge is 2.26. The van der Waals surface area contributed by atoms with Crippen LogP contribution >= 0.6 is 0 Å². The standard InChI is InChI=1S/C14H14FN3O2/c15-10-5-11-14(17-6-10)12(3-4-16-11)18(8-13(19)20)7-9-1-2-9/h3-6,9H,1-2,7-8H2,(H,19,20). The molecule has 20 heavy (non-hydrogen) atoms. The normalized spacial score (nSPS) is 14.4. The van der Waals surface area contributed by atoms with Gasteiger partial charge < -0.3 is 10.0 Å². The summed E-state index contributed by atoms with van der Waals surface area (Å²) in [7, 11) is 0. The third kappa shape index (κ3) is 2.68. The van der Waals surface area contributed by atoms with Crippen LogP contribution in [0.15, 0.2) is 24.5 Å². The number of aliphatic carboxylic acids is 1. The lowest BCUT2D eigenvalue weighted by atomic mass is 10.2. The molecule has 1 aliphatic carbocycles. The molecule has 5 nitrogen and oxygen atoms in total. The lowest BCUT2D eigenvalue weighted by molar-refractivity contribution is -0.135. The number of carboxylic acid groups (broad SMARTS) is 1. The number of carbonyl (C=O) groups is 1. The Morgan fingerprint density at radius 3 is 2.95 bits per heavy atom. The first-order valence-electron chi connectivity index (χ1n) is 6.50. The molecule has 0 bridgehead atoms. The Morgan fingerprint density at radius 2 is 2.25 bits per heavy atom. The molecule has 1 N–H and O–H groups in total. The van der Waals surface area contributed by atoms with E-state index in [1.54, 1.807) is 17.2 Å². The fourth-order valence-corrected chi connectivity index (χ4v) is 2.27. The Kier molecular flexibility index (Phi) is 3.22. The van der Waals surface area contributed by atoms with Crippen molar-refractivity contribution in [2.45, 2.75) is 12.8 Å². The molecule has 0 aliphatic heterocycles. The average Bonchev–Trinajstić information content (AvgIpc) is 3.20. The molecule has 1 aliphatic rings. The highest BCUT2D eigenvalue weighted by atomic mass is 19.1. The van der Waals surface area contributed by atoms with Gasteiger partial charge in [-0.1, -0.05) is 0 Å². The number of rotatable bonds is 5. The smallest absolute Gasteiger partial charge is 0.323 e. The fraction of sp³-hybridized carbons (Fsp3) is 0.357. The molecule has 2 aromatic heterocycles. The van der Waals surface area contributed by atoms with Gasteiger partial charge in [0.15, 0.2) is 0 Å². The molecule has 0 atom stereocenters. The summed E-state index contributed by atoms with van der Waals surface area (Å²) in [6, 6.07) is 3.04.